The van der Waals surface area contributed by atoms with E-state index in [1.165, 1.54) is 11.3 Å². The van der Waals surface area contributed by atoms with E-state index in [-0.39, 0.29) is 30.3 Å². The number of aryl methyl sites for hydroxylation is 1. The summed E-state index contributed by atoms with van der Waals surface area (Å²) in [5, 5.41) is 3.45. The lowest BCUT2D eigenvalue weighted by atomic mass is 9.98. The monoisotopic (exact) mass is 382 g/mol. The van der Waals surface area contributed by atoms with Gasteiger partial charge in [-0.2, -0.15) is 0 Å². The maximum absolute atomic E-state index is 12.3. The second kappa shape index (κ2) is 9.68. The Hall–Kier alpha value is -1.93. The standard InChI is InChI=1S/C18H26N2O5S/c1-4-24-17(22)13-7-6-8-20(10-13)11-14(21)19-15-9-12(3)16(26-15)18(23)25-5-2/h9,13H,4-8,10-11H2,1-3H3,(H,19,21). The molecule has 0 saturated carbocycles. The minimum Gasteiger partial charge on any atom is -0.466 e. The molecular weight excluding hydrogens is 356 g/mol. The average molecular weight is 382 g/mol. The van der Waals surface area contributed by atoms with Crippen LogP contribution in [-0.4, -0.2) is 55.6 Å². The van der Waals surface area contributed by atoms with Gasteiger partial charge in [0.05, 0.1) is 30.7 Å². The first-order valence-corrected chi connectivity index (χ1v) is 9.72. The van der Waals surface area contributed by atoms with Crippen LogP contribution in [0.25, 0.3) is 0 Å². The van der Waals surface area contributed by atoms with Gasteiger partial charge < -0.3 is 14.8 Å². The molecule has 0 aliphatic carbocycles. The van der Waals surface area contributed by atoms with Gasteiger partial charge in [-0.25, -0.2) is 4.79 Å². The fourth-order valence-electron chi connectivity index (χ4n) is 2.97. The number of piperidine rings is 1. The van der Waals surface area contributed by atoms with Crippen LogP contribution < -0.4 is 5.32 Å². The summed E-state index contributed by atoms with van der Waals surface area (Å²) in [6.07, 6.45) is 1.66. The molecule has 7 nitrogen and oxygen atoms in total. The van der Waals surface area contributed by atoms with Gasteiger partial charge in [-0.05, 0) is 51.8 Å². The molecule has 1 N–H and O–H groups in total. The number of carbonyl (C=O) groups excluding carboxylic acids is 3. The molecule has 2 heterocycles. The van der Waals surface area contributed by atoms with Crippen molar-refractivity contribution >= 4 is 34.2 Å². The number of amides is 1. The number of carbonyl (C=O) groups is 3. The lowest BCUT2D eigenvalue weighted by molar-refractivity contribution is -0.150. The molecule has 1 aromatic rings. The van der Waals surface area contributed by atoms with Crippen LogP contribution >= 0.6 is 11.3 Å². The molecule has 0 radical (unpaired) electrons. The zero-order valence-electron chi connectivity index (χ0n) is 15.5. The molecule has 1 saturated heterocycles. The lowest BCUT2D eigenvalue weighted by Crippen LogP contribution is -2.43. The van der Waals surface area contributed by atoms with Crippen molar-refractivity contribution in [2.24, 2.45) is 5.92 Å². The third kappa shape index (κ3) is 5.54. The number of rotatable bonds is 7. The molecule has 1 amide bonds. The molecule has 26 heavy (non-hydrogen) atoms. The molecule has 0 aromatic carbocycles. The van der Waals surface area contributed by atoms with Crippen LogP contribution in [0.1, 0.15) is 41.9 Å². The zero-order valence-corrected chi connectivity index (χ0v) is 16.3. The summed E-state index contributed by atoms with van der Waals surface area (Å²) in [4.78, 5) is 38.5. The zero-order chi connectivity index (χ0) is 19.1. The summed E-state index contributed by atoms with van der Waals surface area (Å²) >= 11 is 1.21. The van der Waals surface area contributed by atoms with Crippen molar-refractivity contribution in [2.75, 3.05) is 38.2 Å². The van der Waals surface area contributed by atoms with Gasteiger partial charge in [-0.1, -0.05) is 0 Å². The van der Waals surface area contributed by atoms with E-state index in [9.17, 15) is 14.4 Å². The van der Waals surface area contributed by atoms with Gasteiger partial charge in [0.25, 0.3) is 0 Å². The van der Waals surface area contributed by atoms with E-state index < -0.39 is 0 Å². The van der Waals surface area contributed by atoms with E-state index in [2.05, 4.69) is 5.32 Å². The Morgan fingerprint density at radius 2 is 2.00 bits per heavy atom. The summed E-state index contributed by atoms with van der Waals surface area (Å²) in [7, 11) is 0. The molecule has 8 heteroatoms. The smallest absolute Gasteiger partial charge is 0.348 e. The second-order valence-electron chi connectivity index (χ2n) is 6.22. The maximum atomic E-state index is 12.3. The molecule has 1 atom stereocenters. The molecule has 1 aliphatic rings. The Balaban J connectivity index is 1.89. The number of esters is 2. The Morgan fingerprint density at radius 3 is 2.69 bits per heavy atom. The van der Waals surface area contributed by atoms with Crippen LogP contribution in [-0.2, 0) is 19.1 Å². The summed E-state index contributed by atoms with van der Waals surface area (Å²) in [6.45, 7) is 7.56. The topological polar surface area (TPSA) is 84.9 Å². The molecule has 1 aliphatic heterocycles. The lowest BCUT2D eigenvalue weighted by Gasteiger charge is -2.30. The van der Waals surface area contributed by atoms with E-state index in [4.69, 9.17) is 9.47 Å². The predicted molar refractivity (Wildman–Crippen MR) is 99.4 cm³/mol. The molecule has 1 unspecified atom stereocenters. The van der Waals surface area contributed by atoms with Gasteiger partial charge in [0, 0.05) is 6.54 Å². The van der Waals surface area contributed by atoms with Crippen LogP contribution in [0.3, 0.4) is 0 Å². The molecule has 0 spiro atoms. The summed E-state index contributed by atoms with van der Waals surface area (Å²) in [5.41, 5.74) is 0.782. The van der Waals surface area contributed by atoms with Crippen LogP contribution in [0.2, 0.25) is 0 Å². The Morgan fingerprint density at radius 1 is 1.27 bits per heavy atom. The van der Waals surface area contributed by atoms with Gasteiger partial charge >= 0.3 is 11.9 Å². The molecule has 1 aromatic heterocycles. The third-order valence-corrected chi connectivity index (χ3v) is 5.27. The fraction of sp³-hybridized carbons (Fsp3) is 0.611. The third-order valence-electron chi connectivity index (χ3n) is 4.13. The predicted octanol–water partition coefficient (Wildman–Crippen LogP) is 2.45. The molecule has 144 valence electrons. The van der Waals surface area contributed by atoms with Crippen LogP contribution in [0, 0.1) is 12.8 Å². The number of hydrogen-bond acceptors (Lipinski definition) is 7. The highest BCUT2D eigenvalue weighted by Gasteiger charge is 2.28. The van der Waals surface area contributed by atoms with Crippen LogP contribution in [0.5, 0.6) is 0 Å². The van der Waals surface area contributed by atoms with Crippen molar-refractivity contribution in [1.82, 2.24) is 4.90 Å². The quantitative estimate of drug-likeness (QED) is 0.729. The first-order valence-electron chi connectivity index (χ1n) is 8.91. The SMILES string of the molecule is CCOC(=O)c1sc(NC(=O)CN2CCCC(C(=O)OCC)C2)cc1C. The fourth-order valence-corrected chi connectivity index (χ4v) is 3.96. The molecule has 1 fully saturated rings. The first kappa shape index (κ1) is 20.4. The number of thiophene rings is 1. The van der Waals surface area contributed by atoms with Gasteiger partial charge in [0.1, 0.15) is 4.88 Å². The highest BCUT2D eigenvalue weighted by Crippen LogP contribution is 2.27. The number of ether oxygens (including phenoxy) is 2. The van der Waals surface area contributed by atoms with E-state index in [1.54, 1.807) is 19.9 Å². The summed E-state index contributed by atoms with van der Waals surface area (Å²) in [5.74, 6) is -0.892. The van der Waals surface area contributed by atoms with E-state index in [1.807, 2.05) is 11.8 Å². The molecular formula is C18H26N2O5S. The van der Waals surface area contributed by atoms with E-state index in [0.29, 0.717) is 29.6 Å². The normalized spacial score (nSPS) is 17.6. The molecule has 2 rings (SSSR count). The summed E-state index contributed by atoms with van der Waals surface area (Å²) in [6, 6.07) is 1.77. The largest absolute Gasteiger partial charge is 0.466 e. The summed E-state index contributed by atoms with van der Waals surface area (Å²) < 4.78 is 10.1. The van der Waals surface area contributed by atoms with Crippen LogP contribution in [0.4, 0.5) is 5.00 Å². The first-order chi connectivity index (χ1) is 12.4. The number of hydrogen-bond donors (Lipinski definition) is 1. The minimum atomic E-state index is -0.371. The second-order valence-corrected chi connectivity index (χ2v) is 7.27. The van der Waals surface area contributed by atoms with Crippen molar-refractivity contribution < 1.29 is 23.9 Å². The molecule has 0 bridgehead atoms. The number of anilines is 1. The van der Waals surface area contributed by atoms with Crippen molar-refractivity contribution in [3.05, 3.63) is 16.5 Å². The van der Waals surface area contributed by atoms with Crippen molar-refractivity contribution in [1.29, 1.82) is 0 Å². The number of nitrogens with zero attached hydrogens (tertiary/aromatic N) is 1. The Labute approximate surface area is 157 Å². The van der Waals surface area contributed by atoms with Crippen molar-refractivity contribution in [3.63, 3.8) is 0 Å². The van der Waals surface area contributed by atoms with Gasteiger partial charge in [-0.15, -0.1) is 11.3 Å². The van der Waals surface area contributed by atoms with Crippen molar-refractivity contribution in [3.8, 4) is 0 Å². The number of nitrogens with one attached hydrogen (secondary N) is 1. The van der Waals surface area contributed by atoms with Gasteiger partial charge in [0.2, 0.25) is 5.91 Å². The Kier molecular flexibility index (Phi) is 7.59. The van der Waals surface area contributed by atoms with E-state index >= 15 is 0 Å². The van der Waals surface area contributed by atoms with Crippen molar-refractivity contribution in [2.45, 2.75) is 33.6 Å². The van der Waals surface area contributed by atoms with Gasteiger partial charge in [-0.3, -0.25) is 14.5 Å². The van der Waals surface area contributed by atoms with E-state index in [0.717, 1.165) is 24.9 Å². The number of likely N-dealkylation sites (tertiary alicyclic amines) is 1. The Bertz CT molecular complexity index is 658. The highest BCUT2D eigenvalue weighted by atomic mass is 32.1. The van der Waals surface area contributed by atoms with Crippen LogP contribution in [0.15, 0.2) is 6.07 Å². The maximum Gasteiger partial charge on any atom is 0.348 e. The van der Waals surface area contributed by atoms with Gasteiger partial charge in [0.15, 0.2) is 0 Å². The minimum absolute atomic E-state index is 0.161. The highest BCUT2D eigenvalue weighted by molar-refractivity contribution is 7.18. The average Bonchev–Trinajstić information content (AvgIpc) is 2.95.